The highest BCUT2D eigenvalue weighted by Crippen LogP contribution is 1.96. The van der Waals surface area contributed by atoms with Gasteiger partial charge in [-0.25, -0.2) is 0 Å². The molecule has 2 nitrogen and oxygen atoms in total. The van der Waals surface area contributed by atoms with Crippen molar-refractivity contribution < 1.29 is 0 Å². The molecule has 0 unspecified atom stereocenters. The molecule has 0 aromatic rings. The summed E-state index contributed by atoms with van der Waals surface area (Å²) in [5.41, 5.74) is 0. The Hall–Kier alpha value is -0.0500. The fourth-order valence-corrected chi connectivity index (χ4v) is 1.10. The van der Waals surface area contributed by atoms with E-state index >= 15 is 0 Å². The van der Waals surface area contributed by atoms with Crippen molar-refractivity contribution in [2.75, 3.05) is 25.0 Å². The van der Waals surface area contributed by atoms with Gasteiger partial charge in [-0.05, 0) is 6.42 Å². The zero-order valence-electron chi connectivity index (χ0n) is 5.39. The van der Waals surface area contributed by atoms with Crippen LogP contribution in [0.25, 0.3) is 0 Å². The summed E-state index contributed by atoms with van der Waals surface area (Å²) in [5.74, 6) is 0. The molecule has 0 amide bonds. The Morgan fingerprint density at radius 2 is 2.56 bits per heavy atom. The van der Waals surface area contributed by atoms with Crippen LogP contribution in [0.5, 0.6) is 0 Å². The van der Waals surface area contributed by atoms with E-state index < -0.39 is 0 Å². The van der Waals surface area contributed by atoms with Gasteiger partial charge in [0.25, 0.3) is 0 Å². The lowest BCUT2D eigenvalue weighted by molar-refractivity contribution is 0.468. The van der Waals surface area contributed by atoms with Crippen molar-refractivity contribution in [3.05, 3.63) is 0 Å². The minimum Gasteiger partial charge on any atom is -0.361 e. The second-order valence-corrected chi connectivity index (χ2v) is 2.89. The normalized spacial score (nSPS) is 17.2. The first kappa shape index (κ1) is 7.06. The maximum absolute atomic E-state index is 4.10. The summed E-state index contributed by atoms with van der Waals surface area (Å²) in [4.78, 5) is 6.35. The molecule has 0 aromatic carbocycles. The third-order valence-corrected chi connectivity index (χ3v) is 1.90. The predicted molar refractivity (Wildman–Crippen MR) is 43.3 cm³/mol. The molecule has 0 bridgehead atoms. The molecule has 52 valence electrons. The first-order valence-corrected chi connectivity index (χ1v) is 4.35. The molecule has 1 rings (SSSR count). The molecule has 9 heavy (non-hydrogen) atoms. The van der Waals surface area contributed by atoms with Gasteiger partial charge in [0.05, 0.1) is 12.9 Å². The van der Waals surface area contributed by atoms with Crippen molar-refractivity contribution in [3.63, 3.8) is 0 Å². The number of nitrogens with zero attached hydrogens (tertiary/aromatic N) is 2. The van der Waals surface area contributed by atoms with Crippen LogP contribution < -0.4 is 0 Å². The van der Waals surface area contributed by atoms with Crippen molar-refractivity contribution in [2.24, 2.45) is 4.99 Å². The Labute approximate surface area is 64.1 Å². The number of rotatable bonds is 3. The van der Waals surface area contributed by atoms with Crippen LogP contribution in [0.2, 0.25) is 0 Å². The Kier molecular flexibility index (Phi) is 3.04. The lowest BCUT2D eigenvalue weighted by Gasteiger charge is -2.11. The number of hydrogen-bond acceptors (Lipinski definition) is 2. The molecule has 0 fully saturated rings. The standard InChI is InChI=1S/C6H11BrN2/c7-2-1-4-9-5-3-8-6-9/h6H,1-5H2. The minimum absolute atomic E-state index is 0.988. The van der Waals surface area contributed by atoms with Gasteiger partial charge >= 0.3 is 0 Å². The molecule has 0 spiro atoms. The molecule has 1 heterocycles. The molecule has 0 aliphatic carbocycles. The molecule has 0 aromatic heterocycles. The van der Waals surface area contributed by atoms with Gasteiger partial charge in [0.1, 0.15) is 0 Å². The van der Waals surface area contributed by atoms with Crippen LogP contribution in [0.4, 0.5) is 0 Å². The predicted octanol–water partition coefficient (Wildman–Crippen LogP) is 1.12. The van der Waals surface area contributed by atoms with Crippen LogP contribution >= 0.6 is 15.9 Å². The number of aliphatic imine (C=N–C) groups is 1. The van der Waals surface area contributed by atoms with E-state index in [4.69, 9.17) is 0 Å². The first-order valence-electron chi connectivity index (χ1n) is 3.23. The molecule has 1 aliphatic rings. The molecule has 0 radical (unpaired) electrons. The lowest BCUT2D eigenvalue weighted by atomic mass is 10.4. The van der Waals surface area contributed by atoms with Gasteiger partial charge < -0.3 is 4.90 Å². The van der Waals surface area contributed by atoms with Crippen molar-refractivity contribution in [3.8, 4) is 0 Å². The van der Waals surface area contributed by atoms with Gasteiger partial charge in [-0.2, -0.15) is 0 Å². The van der Waals surface area contributed by atoms with Crippen LogP contribution in [0.15, 0.2) is 4.99 Å². The van der Waals surface area contributed by atoms with Gasteiger partial charge in [0.15, 0.2) is 0 Å². The van der Waals surface area contributed by atoms with Crippen LogP contribution in [0.1, 0.15) is 6.42 Å². The van der Waals surface area contributed by atoms with Crippen LogP contribution in [-0.2, 0) is 0 Å². The van der Waals surface area contributed by atoms with E-state index in [1.165, 1.54) is 6.42 Å². The number of alkyl halides is 1. The van der Waals surface area contributed by atoms with E-state index in [1.807, 2.05) is 6.34 Å². The van der Waals surface area contributed by atoms with E-state index in [2.05, 4.69) is 25.8 Å². The second kappa shape index (κ2) is 3.88. The summed E-state index contributed by atoms with van der Waals surface area (Å²) in [5, 5.41) is 1.09. The maximum Gasteiger partial charge on any atom is 0.0851 e. The third kappa shape index (κ3) is 2.35. The molecule has 0 saturated heterocycles. The molecule has 3 heteroatoms. The topological polar surface area (TPSA) is 15.6 Å². The van der Waals surface area contributed by atoms with Gasteiger partial charge in [0.2, 0.25) is 0 Å². The van der Waals surface area contributed by atoms with Crippen LogP contribution in [0, 0.1) is 0 Å². The van der Waals surface area contributed by atoms with Crippen molar-refractivity contribution in [1.29, 1.82) is 0 Å². The van der Waals surface area contributed by atoms with E-state index in [0.717, 1.165) is 25.0 Å². The van der Waals surface area contributed by atoms with Gasteiger partial charge in [0, 0.05) is 18.4 Å². The third-order valence-electron chi connectivity index (χ3n) is 1.34. The summed E-state index contributed by atoms with van der Waals surface area (Å²) < 4.78 is 0. The van der Waals surface area contributed by atoms with Crippen molar-refractivity contribution in [1.82, 2.24) is 4.90 Å². The smallest absolute Gasteiger partial charge is 0.0851 e. The summed E-state index contributed by atoms with van der Waals surface area (Å²) in [6.07, 6.45) is 3.16. The summed E-state index contributed by atoms with van der Waals surface area (Å²) in [6.45, 7) is 3.25. The van der Waals surface area contributed by atoms with E-state index in [-0.39, 0.29) is 0 Å². The highest BCUT2D eigenvalue weighted by Gasteiger charge is 2.02. The van der Waals surface area contributed by atoms with E-state index in [9.17, 15) is 0 Å². The fraction of sp³-hybridized carbons (Fsp3) is 0.833. The molecule has 0 N–H and O–H groups in total. The van der Waals surface area contributed by atoms with E-state index in [1.54, 1.807) is 0 Å². The summed E-state index contributed by atoms with van der Waals surface area (Å²) in [6, 6.07) is 0. The Morgan fingerprint density at radius 1 is 1.67 bits per heavy atom. The van der Waals surface area contributed by atoms with Crippen molar-refractivity contribution >= 4 is 22.3 Å². The molecular formula is C6H11BrN2. The highest BCUT2D eigenvalue weighted by molar-refractivity contribution is 9.09. The average Bonchev–Trinajstić information content (AvgIpc) is 2.34. The maximum atomic E-state index is 4.10. The second-order valence-electron chi connectivity index (χ2n) is 2.10. The Balaban J connectivity index is 2.05. The Morgan fingerprint density at radius 3 is 3.11 bits per heavy atom. The van der Waals surface area contributed by atoms with E-state index in [0.29, 0.717) is 0 Å². The molecular weight excluding hydrogens is 180 g/mol. The summed E-state index contributed by atoms with van der Waals surface area (Å²) in [7, 11) is 0. The number of halogens is 1. The van der Waals surface area contributed by atoms with Crippen molar-refractivity contribution in [2.45, 2.75) is 6.42 Å². The largest absolute Gasteiger partial charge is 0.361 e. The minimum atomic E-state index is 0.988. The lowest BCUT2D eigenvalue weighted by Crippen LogP contribution is -2.20. The number of hydrogen-bond donors (Lipinski definition) is 0. The van der Waals surface area contributed by atoms with Crippen LogP contribution in [-0.4, -0.2) is 36.2 Å². The Bertz CT molecular complexity index is 103. The fourth-order valence-electron chi connectivity index (χ4n) is 0.850. The molecule has 1 aliphatic heterocycles. The zero-order chi connectivity index (χ0) is 6.53. The highest BCUT2D eigenvalue weighted by atomic mass is 79.9. The van der Waals surface area contributed by atoms with Crippen LogP contribution in [0.3, 0.4) is 0 Å². The zero-order valence-corrected chi connectivity index (χ0v) is 6.97. The monoisotopic (exact) mass is 190 g/mol. The van der Waals surface area contributed by atoms with Gasteiger partial charge in [-0.1, -0.05) is 15.9 Å². The SMILES string of the molecule is BrCCCN1C=NCC1. The quantitative estimate of drug-likeness (QED) is 0.610. The average molecular weight is 191 g/mol. The molecule has 0 atom stereocenters. The molecule has 0 saturated carbocycles. The van der Waals surface area contributed by atoms with Gasteiger partial charge in [-0.3, -0.25) is 4.99 Å². The first-order chi connectivity index (χ1) is 4.43. The summed E-state index contributed by atoms with van der Waals surface area (Å²) >= 11 is 3.39. The van der Waals surface area contributed by atoms with Gasteiger partial charge in [-0.15, -0.1) is 0 Å².